The average molecular weight is 1170 g/mol. The molecule has 2 spiro atoms. The molecule has 7 heterocycles. The summed E-state index contributed by atoms with van der Waals surface area (Å²) in [7, 11) is 7.82. The number of carboxylic acid groups (broad SMARTS) is 1. The molecule has 0 amide bonds. The van der Waals surface area contributed by atoms with Gasteiger partial charge in [0.05, 0.1) is 54.1 Å². The summed E-state index contributed by atoms with van der Waals surface area (Å²) in [5, 5.41) is 107. The van der Waals surface area contributed by atoms with E-state index in [1.165, 1.54) is 13.3 Å². The fourth-order valence-corrected chi connectivity index (χ4v) is 19.9. The topological polar surface area (TPSA) is 380 Å². The molecule has 0 aromatic carbocycles. The van der Waals surface area contributed by atoms with Crippen molar-refractivity contribution in [1.82, 2.24) is 16.0 Å². The first-order valence-corrected chi connectivity index (χ1v) is 31.3. The van der Waals surface area contributed by atoms with Gasteiger partial charge in [0.1, 0.15) is 48.9 Å². The first kappa shape index (κ1) is 59.5. The number of fused-ring (bicyclic) bond motifs is 9. The van der Waals surface area contributed by atoms with Crippen LogP contribution in [-0.4, -0.2) is 212 Å². The zero-order chi connectivity index (χ0) is 55.5. The Labute approximate surface area is 467 Å². The summed E-state index contributed by atoms with van der Waals surface area (Å²) >= 11 is 0. The van der Waals surface area contributed by atoms with Crippen molar-refractivity contribution in [3.05, 3.63) is 59.2 Å². The summed E-state index contributed by atoms with van der Waals surface area (Å²) in [5.41, 5.74) is 11.5. The summed E-state index contributed by atoms with van der Waals surface area (Å²) in [6.07, 6.45) is 3.19. The molecule has 0 radical (unpaired) electrons. The summed E-state index contributed by atoms with van der Waals surface area (Å²) in [5.74, 6) is -6.23. The third-order valence-electron chi connectivity index (χ3n) is 16.9. The highest BCUT2D eigenvalue weighted by atomic mass is 33.1. The monoisotopic (exact) mass is 1170 g/mol. The second-order valence-electron chi connectivity index (χ2n) is 21.5. The second-order valence-corrected chi connectivity index (χ2v) is 26.7. The van der Waals surface area contributed by atoms with Crippen molar-refractivity contribution in [3.63, 3.8) is 0 Å². The number of guanidine groups is 2. The van der Waals surface area contributed by atoms with Crippen LogP contribution in [0.2, 0.25) is 0 Å². The van der Waals surface area contributed by atoms with E-state index in [4.69, 9.17) is 40.1 Å². The van der Waals surface area contributed by atoms with Crippen LogP contribution in [0.3, 0.4) is 0 Å². The van der Waals surface area contributed by atoms with Crippen LogP contribution in [0.15, 0.2) is 69.2 Å². The van der Waals surface area contributed by atoms with Gasteiger partial charge in [-0.25, -0.2) is 14.6 Å². The number of hydrogen-bond donors (Lipinski definition) is 15. The molecule has 9 rings (SSSR count). The van der Waals surface area contributed by atoms with Gasteiger partial charge in [0, 0.05) is 59.5 Å². The van der Waals surface area contributed by atoms with E-state index in [1.807, 2.05) is 12.2 Å². The SMILES string of the molecule is CNC(CO)OC1C(OC2OC=C3C(=O)OC4CCC(CO)C4CSSC4C5CC6CC7(CCC(C7)C2(C=CCSS5)C3C=CC2=C(NC(N)=NCCCO)C(C(=O)O)=C[NH+](C2)C4CO)NC(N)=N6)OC(CO)C(O)C1(O)O. The van der Waals surface area contributed by atoms with Gasteiger partial charge in [0.25, 0.3) is 0 Å². The van der Waals surface area contributed by atoms with Gasteiger partial charge >= 0.3 is 11.9 Å². The lowest BCUT2D eigenvalue weighted by atomic mass is 9.60. The molecule has 28 heteroatoms. The minimum absolute atomic E-state index is 0.0565. The molecule has 7 aliphatic heterocycles. The number of esters is 1. The van der Waals surface area contributed by atoms with E-state index < -0.39 is 103 Å². The summed E-state index contributed by atoms with van der Waals surface area (Å²) in [6.45, 7) is -1.94. The van der Waals surface area contributed by atoms with Crippen molar-refractivity contribution < 1.29 is 84.1 Å². The highest BCUT2D eigenvalue weighted by molar-refractivity contribution is 8.78. The van der Waals surface area contributed by atoms with Gasteiger partial charge in [-0.05, 0) is 70.3 Å². The lowest BCUT2D eigenvalue weighted by molar-refractivity contribution is -0.870. The molecule has 2 aliphatic carbocycles. The Bertz CT molecular complexity index is 2400. The number of ether oxygens (including phenoxy) is 5. The van der Waals surface area contributed by atoms with Crippen LogP contribution in [0.4, 0.5) is 0 Å². The van der Waals surface area contributed by atoms with Gasteiger partial charge in [-0.1, -0.05) is 67.5 Å². The third-order valence-corrected chi connectivity index (χ3v) is 22.9. The van der Waals surface area contributed by atoms with Crippen molar-refractivity contribution in [2.45, 2.75) is 128 Å². The molecular weight excluding hydrogens is 1100 g/mol. The largest absolute Gasteiger partial charge is 0.477 e. The number of carboxylic acids is 1. The molecule has 434 valence electrons. The molecule has 78 heavy (non-hydrogen) atoms. The van der Waals surface area contributed by atoms with Crippen molar-refractivity contribution in [2.75, 3.05) is 64.7 Å². The summed E-state index contributed by atoms with van der Waals surface area (Å²) < 4.78 is 32.6. The molecule has 3 fully saturated rings. The highest BCUT2D eigenvalue weighted by Crippen LogP contribution is 2.59. The number of nitrogens with two attached hydrogens (primary N) is 2. The number of carbonyl (C=O) groups excluding carboxylic acids is 1. The van der Waals surface area contributed by atoms with Crippen molar-refractivity contribution in [3.8, 4) is 0 Å². The Hall–Kier alpha value is -3.14. The Morgan fingerprint density at radius 2 is 1.92 bits per heavy atom. The molecule has 0 aromatic heterocycles. The Morgan fingerprint density at radius 1 is 1.10 bits per heavy atom. The summed E-state index contributed by atoms with van der Waals surface area (Å²) in [6, 6.07) is -0.928. The Morgan fingerprint density at radius 3 is 2.65 bits per heavy atom. The first-order valence-electron chi connectivity index (χ1n) is 26.6. The van der Waals surface area contributed by atoms with E-state index in [1.54, 1.807) is 61.5 Å². The van der Waals surface area contributed by atoms with Crippen LogP contribution < -0.4 is 32.3 Å². The van der Waals surface area contributed by atoms with Crippen molar-refractivity contribution in [1.29, 1.82) is 0 Å². The van der Waals surface area contributed by atoms with Crippen LogP contribution in [0.5, 0.6) is 0 Å². The number of hydrogen-bond acceptors (Lipinski definition) is 24. The Balaban J connectivity index is 1.32. The number of aliphatic imine (C=N–C) groups is 2. The number of aliphatic hydroxyl groups excluding tert-OH is 6. The van der Waals surface area contributed by atoms with Crippen LogP contribution >= 0.6 is 43.2 Å². The van der Waals surface area contributed by atoms with Crippen molar-refractivity contribution >= 4 is 67.0 Å². The predicted molar refractivity (Wildman–Crippen MR) is 291 cm³/mol. The number of rotatable bonds is 14. The fourth-order valence-electron chi connectivity index (χ4n) is 13.0. The van der Waals surface area contributed by atoms with Gasteiger partial charge in [-0.3, -0.25) is 15.2 Å². The minimum Gasteiger partial charge on any atom is -0.477 e. The molecule has 18 atom stereocenters. The van der Waals surface area contributed by atoms with Gasteiger partial charge in [-0.2, -0.15) is 0 Å². The zero-order valence-electron chi connectivity index (χ0n) is 43.2. The van der Waals surface area contributed by atoms with Gasteiger partial charge in [0.15, 0.2) is 24.3 Å². The van der Waals surface area contributed by atoms with Gasteiger partial charge in [-0.15, -0.1) is 0 Å². The van der Waals surface area contributed by atoms with Crippen molar-refractivity contribution in [2.24, 2.45) is 50.5 Å². The van der Waals surface area contributed by atoms with Gasteiger partial charge in [0.2, 0.25) is 12.1 Å². The highest BCUT2D eigenvalue weighted by Gasteiger charge is 2.63. The number of carbonyl (C=O) groups is 2. The molecule has 24 nitrogen and oxygen atoms in total. The maximum atomic E-state index is 15.5. The maximum Gasteiger partial charge on any atom is 0.343 e. The predicted octanol–water partition coefficient (Wildman–Crippen LogP) is -2.51. The molecule has 17 N–H and O–H groups in total. The molecule has 2 saturated carbocycles. The first-order chi connectivity index (χ1) is 37.5. The number of likely N-dealkylation sites (N-methyl/N-ethyl adjacent to an activating group) is 1. The van der Waals surface area contributed by atoms with Crippen LogP contribution in [0.1, 0.15) is 51.4 Å². The van der Waals surface area contributed by atoms with E-state index in [2.05, 4.69) is 20.9 Å². The summed E-state index contributed by atoms with van der Waals surface area (Å²) in [4.78, 5) is 39.2. The number of aliphatic hydroxyl groups is 8. The number of quaternary nitrogens is 1. The molecule has 9 bridgehead atoms. The van der Waals surface area contributed by atoms with E-state index >= 15 is 4.79 Å². The quantitative estimate of drug-likeness (QED) is 0.0162. The number of nitrogens with zero attached hydrogens (tertiary/aromatic N) is 2. The number of allylic oxidation sites excluding steroid dienone is 1. The molecule has 9 aliphatic rings. The van der Waals surface area contributed by atoms with E-state index in [0.717, 1.165) is 0 Å². The van der Waals surface area contributed by atoms with E-state index in [0.29, 0.717) is 73.3 Å². The number of aliphatic carboxylic acids is 1. The van der Waals surface area contributed by atoms with E-state index in [9.17, 15) is 50.8 Å². The molecule has 18 unspecified atom stereocenters. The normalized spacial score (nSPS) is 40.1. The zero-order valence-corrected chi connectivity index (χ0v) is 46.5. The standard InChI is InChI=1S/C50H74N8O16S4/c1-53-37(22-63)73-41-44(72-35(21-62)40(64)50(41,68)69)74-45-49-9-2-13-75-77-36(14-28-16-48(57-47(52)55-28)10-8-27(49)15-48)39-33(20-61)58-17-25(38(29(18-58)42(65)66)56-46(51)54-11-3-12-59)4-6-32(49)30(23-70-45)43(67)71-34-7-5-26(19-60)31(34)24-76-78-39/h2,4,6,9,18,23,26-28,31-37,39-41,44-45,53,59-64,68-69H,3,5,7-8,10-17,19-22,24H2,1H3,(H,65,66)(H3,51,54,56)(H3,52,55,57)/p+1. The average Bonchev–Trinajstić information content (AvgIpc) is 4.19. The smallest absolute Gasteiger partial charge is 0.343 e. The molecule has 1 saturated heterocycles. The minimum atomic E-state index is -3.16. The maximum absolute atomic E-state index is 15.5. The lowest BCUT2D eigenvalue weighted by Gasteiger charge is -2.53. The fraction of sp³-hybridized carbons (Fsp3) is 0.720. The van der Waals surface area contributed by atoms with Crippen LogP contribution in [0, 0.1) is 29.1 Å². The van der Waals surface area contributed by atoms with Gasteiger partial charge < -0.3 is 91.7 Å². The second kappa shape index (κ2) is 25.6. The Kier molecular flexibility index (Phi) is 19.5. The lowest BCUT2D eigenvalue weighted by Crippen LogP contribution is -3.14. The van der Waals surface area contributed by atoms with Crippen LogP contribution in [-0.2, 0) is 33.3 Å². The van der Waals surface area contributed by atoms with Crippen LogP contribution in [0.25, 0.3) is 0 Å². The molecular formula is C50H75N8O16S4+. The third kappa shape index (κ3) is 12.0. The molecule has 0 aromatic rings. The van der Waals surface area contributed by atoms with E-state index in [-0.39, 0.29) is 90.1 Å². The number of nitrogens with one attached hydrogen (secondary N) is 4.